The zero-order valence-electron chi connectivity index (χ0n) is 17.6. The molecule has 4 aromatic rings. The van der Waals surface area contributed by atoms with Gasteiger partial charge in [0, 0.05) is 11.8 Å². The fraction of sp³-hybridized carbons (Fsp3) is 0.238. The topological polar surface area (TPSA) is 140 Å². The Morgan fingerprint density at radius 2 is 1.91 bits per heavy atom. The molecule has 0 spiro atoms. The van der Waals surface area contributed by atoms with E-state index in [0.717, 1.165) is 5.69 Å². The van der Waals surface area contributed by atoms with Gasteiger partial charge in [-0.05, 0) is 50.6 Å². The van der Waals surface area contributed by atoms with Gasteiger partial charge in [0.15, 0.2) is 11.6 Å². The maximum atomic E-state index is 13.4. The first-order valence-corrected chi connectivity index (χ1v) is 9.78. The average Bonchev–Trinajstić information content (AvgIpc) is 3.32. The minimum atomic E-state index is -1.28. The van der Waals surface area contributed by atoms with Gasteiger partial charge in [0.05, 0.1) is 11.3 Å². The fourth-order valence-electron chi connectivity index (χ4n) is 3.40. The van der Waals surface area contributed by atoms with Crippen LogP contribution in [0.4, 0.5) is 21.0 Å². The van der Waals surface area contributed by atoms with Gasteiger partial charge in [-0.2, -0.15) is 10.1 Å². The minimum Gasteiger partial charge on any atom is -0.465 e. The molecule has 0 saturated heterocycles. The third-order valence-corrected chi connectivity index (χ3v) is 4.82. The number of nitrogens with one attached hydrogen (secondary N) is 3. The van der Waals surface area contributed by atoms with Crippen LogP contribution in [0.3, 0.4) is 0 Å². The van der Waals surface area contributed by atoms with Crippen LogP contribution in [0.1, 0.15) is 42.7 Å². The number of H-pyrrole nitrogens is 1. The summed E-state index contributed by atoms with van der Waals surface area (Å²) in [4.78, 5) is 20.6. The van der Waals surface area contributed by atoms with E-state index in [4.69, 9.17) is 0 Å². The number of rotatable bonds is 6. The van der Waals surface area contributed by atoms with Crippen molar-refractivity contribution in [3.63, 3.8) is 0 Å². The third kappa shape index (κ3) is 4.23. The van der Waals surface area contributed by atoms with Crippen LogP contribution in [0.25, 0.3) is 5.65 Å². The maximum absolute atomic E-state index is 13.4. The summed E-state index contributed by atoms with van der Waals surface area (Å²) in [5.74, 6) is 0.449. The van der Waals surface area contributed by atoms with Crippen LogP contribution in [-0.4, -0.2) is 40.9 Å². The van der Waals surface area contributed by atoms with E-state index in [2.05, 4.69) is 30.8 Å². The van der Waals surface area contributed by atoms with Crippen LogP contribution in [0.5, 0.6) is 0 Å². The second-order valence-corrected chi connectivity index (χ2v) is 7.87. The summed E-state index contributed by atoms with van der Waals surface area (Å²) >= 11 is 0. The Labute approximate surface area is 182 Å². The number of halogens is 1. The van der Waals surface area contributed by atoms with E-state index < -0.39 is 23.6 Å². The lowest BCUT2D eigenvalue weighted by Crippen LogP contribution is -2.30. The molecule has 0 bridgehead atoms. The first kappa shape index (κ1) is 21.2. The van der Waals surface area contributed by atoms with Crippen molar-refractivity contribution in [3.8, 4) is 0 Å². The Morgan fingerprint density at radius 3 is 2.50 bits per heavy atom. The molecule has 166 valence electrons. The monoisotopic (exact) mass is 439 g/mol. The van der Waals surface area contributed by atoms with Gasteiger partial charge < -0.3 is 20.8 Å². The number of carboxylic acid groups (broad SMARTS) is 1. The highest BCUT2D eigenvalue weighted by Gasteiger charge is 2.26. The molecule has 0 aliphatic heterocycles. The molecule has 10 nitrogen and oxygen atoms in total. The summed E-state index contributed by atoms with van der Waals surface area (Å²) in [7, 11) is 0. The van der Waals surface area contributed by atoms with Crippen LogP contribution in [-0.2, 0) is 5.60 Å². The number of fused-ring (bicyclic) bond motifs is 1. The molecule has 0 fully saturated rings. The van der Waals surface area contributed by atoms with Gasteiger partial charge in [-0.15, -0.1) is 0 Å². The number of aliphatic hydroxyl groups is 1. The SMILES string of the molecule is Cc1cc(Nc2nc(C(NC(=O)O)c3ccc(F)cc3)nc3ccc(C(C)(C)O)n23)n[nH]1. The molecule has 0 aliphatic carbocycles. The summed E-state index contributed by atoms with van der Waals surface area (Å²) in [6.45, 7) is 5.12. The van der Waals surface area contributed by atoms with Gasteiger partial charge in [-0.3, -0.25) is 9.50 Å². The Morgan fingerprint density at radius 1 is 1.19 bits per heavy atom. The highest BCUT2D eigenvalue weighted by atomic mass is 19.1. The number of anilines is 2. The van der Waals surface area contributed by atoms with E-state index in [9.17, 15) is 19.4 Å². The lowest BCUT2D eigenvalue weighted by molar-refractivity contribution is 0.0731. The molecule has 1 amide bonds. The number of aromatic nitrogens is 5. The van der Waals surface area contributed by atoms with Crippen LogP contribution in [0, 0.1) is 12.7 Å². The summed E-state index contributed by atoms with van der Waals surface area (Å²) < 4.78 is 15.1. The van der Waals surface area contributed by atoms with Crippen molar-refractivity contribution >= 4 is 23.5 Å². The molecule has 0 aliphatic rings. The van der Waals surface area contributed by atoms with E-state index in [1.807, 2.05) is 6.92 Å². The third-order valence-electron chi connectivity index (χ3n) is 4.82. The summed E-state index contributed by atoms with van der Waals surface area (Å²) in [6, 6.07) is 9.63. The number of amides is 1. The summed E-state index contributed by atoms with van der Waals surface area (Å²) in [6.07, 6.45) is -1.28. The second kappa shape index (κ2) is 7.93. The molecular formula is C21H22FN7O3. The Bertz CT molecular complexity index is 1280. The van der Waals surface area contributed by atoms with Crippen LogP contribution in [0.2, 0.25) is 0 Å². The molecular weight excluding hydrogens is 417 g/mol. The quantitative estimate of drug-likeness (QED) is 0.311. The van der Waals surface area contributed by atoms with Crippen molar-refractivity contribution < 1.29 is 19.4 Å². The standard InChI is InChI=1S/C21H22FN7O3/c1-11-10-15(28-27-11)23-19-26-18(24-16-9-8-14(29(16)19)21(2,3)32)17(25-20(30)31)12-4-6-13(22)7-5-12/h4-10,17,25,32H,1-3H3,(H,30,31)(H2,23,24,26,27,28). The average molecular weight is 439 g/mol. The molecule has 1 atom stereocenters. The number of nitrogens with zero attached hydrogens (tertiary/aromatic N) is 4. The van der Waals surface area contributed by atoms with E-state index in [1.54, 1.807) is 36.4 Å². The van der Waals surface area contributed by atoms with E-state index >= 15 is 0 Å². The number of hydrogen-bond donors (Lipinski definition) is 5. The molecule has 0 saturated carbocycles. The van der Waals surface area contributed by atoms with Gasteiger partial charge in [-0.25, -0.2) is 14.2 Å². The van der Waals surface area contributed by atoms with Gasteiger partial charge in [0.1, 0.15) is 17.5 Å². The summed E-state index contributed by atoms with van der Waals surface area (Å²) in [5.41, 5.74) is 1.05. The van der Waals surface area contributed by atoms with Crippen molar-refractivity contribution in [2.75, 3.05) is 5.32 Å². The van der Waals surface area contributed by atoms with Crippen LogP contribution < -0.4 is 10.6 Å². The number of aryl methyl sites for hydroxylation is 1. The highest BCUT2D eigenvalue weighted by Crippen LogP contribution is 2.28. The fourth-order valence-corrected chi connectivity index (χ4v) is 3.40. The predicted molar refractivity (Wildman–Crippen MR) is 114 cm³/mol. The van der Waals surface area contributed by atoms with E-state index in [-0.39, 0.29) is 11.8 Å². The molecule has 0 radical (unpaired) electrons. The molecule has 4 rings (SSSR count). The summed E-state index contributed by atoms with van der Waals surface area (Å²) in [5, 5.41) is 32.5. The predicted octanol–water partition coefficient (Wildman–Crippen LogP) is 3.23. The molecule has 5 N–H and O–H groups in total. The lowest BCUT2D eigenvalue weighted by atomic mass is 10.1. The van der Waals surface area contributed by atoms with Gasteiger partial charge in [-0.1, -0.05) is 12.1 Å². The van der Waals surface area contributed by atoms with Crippen molar-refractivity contribution in [2.45, 2.75) is 32.4 Å². The molecule has 1 unspecified atom stereocenters. The first-order chi connectivity index (χ1) is 15.1. The molecule has 11 heteroatoms. The van der Waals surface area contributed by atoms with Crippen molar-refractivity contribution in [1.29, 1.82) is 0 Å². The Balaban J connectivity index is 1.90. The first-order valence-electron chi connectivity index (χ1n) is 9.78. The minimum absolute atomic E-state index is 0.140. The number of carbonyl (C=O) groups is 1. The lowest BCUT2D eigenvalue weighted by Gasteiger charge is -2.21. The van der Waals surface area contributed by atoms with E-state index in [0.29, 0.717) is 22.7 Å². The second-order valence-electron chi connectivity index (χ2n) is 7.87. The largest absolute Gasteiger partial charge is 0.465 e. The number of benzene rings is 1. The Hall–Kier alpha value is -3.99. The number of hydrogen-bond acceptors (Lipinski definition) is 6. The zero-order valence-corrected chi connectivity index (χ0v) is 17.6. The van der Waals surface area contributed by atoms with Gasteiger partial charge in [0.2, 0.25) is 5.95 Å². The maximum Gasteiger partial charge on any atom is 0.405 e. The number of aromatic amines is 1. The van der Waals surface area contributed by atoms with Crippen molar-refractivity contribution in [3.05, 3.63) is 71.1 Å². The van der Waals surface area contributed by atoms with Gasteiger partial charge in [0.25, 0.3) is 0 Å². The molecule has 3 heterocycles. The molecule has 32 heavy (non-hydrogen) atoms. The van der Waals surface area contributed by atoms with E-state index in [1.165, 1.54) is 24.3 Å². The van der Waals surface area contributed by atoms with Crippen molar-refractivity contribution in [1.82, 2.24) is 29.9 Å². The van der Waals surface area contributed by atoms with Gasteiger partial charge >= 0.3 is 6.09 Å². The molecule has 3 aromatic heterocycles. The van der Waals surface area contributed by atoms with Crippen LogP contribution >= 0.6 is 0 Å². The molecule has 1 aromatic carbocycles. The normalized spacial score (nSPS) is 12.7. The Kier molecular flexibility index (Phi) is 5.26. The smallest absolute Gasteiger partial charge is 0.405 e. The highest BCUT2D eigenvalue weighted by molar-refractivity contribution is 5.66. The van der Waals surface area contributed by atoms with Crippen LogP contribution in [0.15, 0.2) is 42.5 Å². The zero-order chi connectivity index (χ0) is 23.0. The van der Waals surface area contributed by atoms with Crippen molar-refractivity contribution in [2.24, 2.45) is 0 Å².